The summed E-state index contributed by atoms with van der Waals surface area (Å²) in [6, 6.07) is 10.1. The van der Waals surface area contributed by atoms with Gasteiger partial charge in [0.1, 0.15) is 11.6 Å². The van der Waals surface area contributed by atoms with Gasteiger partial charge in [0.05, 0.1) is 12.1 Å². The van der Waals surface area contributed by atoms with Gasteiger partial charge in [-0.1, -0.05) is 12.1 Å². The number of aromatic nitrogens is 4. The molecule has 1 aromatic carbocycles. The van der Waals surface area contributed by atoms with Gasteiger partial charge < -0.3 is 10.7 Å². The zero-order chi connectivity index (χ0) is 18.8. The molecule has 1 fully saturated rings. The SMILES string of the molecule is NC1CCC(c2nc(-c3ccc[nH]c3=O)nn2Cc2ccc(F)cc2)CC1. The van der Waals surface area contributed by atoms with Crippen LogP contribution in [0, 0.1) is 5.82 Å². The minimum absolute atomic E-state index is 0.214. The fourth-order valence-electron chi connectivity index (χ4n) is 3.62. The summed E-state index contributed by atoms with van der Waals surface area (Å²) in [6.45, 7) is 0.482. The third-order valence-corrected chi connectivity index (χ3v) is 5.14. The number of nitrogens with zero attached hydrogens (tertiary/aromatic N) is 3. The van der Waals surface area contributed by atoms with Crippen molar-refractivity contribution in [1.29, 1.82) is 0 Å². The van der Waals surface area contributed by atoms with Crippen molar-refractivity contribution in [3.8, 4) is 11.4 Å². The van der Waals surface area contributed by atoms with E-state index in [1.165, 1.54) is 12.1 Å². The molecule has 1 saturated carbocycles. The highest BCUT2D eigenvalue weighted by Crippen LogP contribution is 2.32. The van der Waals surface area contributed by atoms with Gasteiger partial charge in [0, 0.05) is 18.2 Å². The number of halogens is 1. The highest BCUT2D eigenvalue weighted by Gasteiger charge is 2.26. The number of nitrogens with two attached hydrogens (primary N) is 1. The van der Waals surface area contributed by atoms with Crippen molar-refractivity contribution in [2.75, 3.05) is 0 Å². The zero-order valence-corrected chi connectivity index (χ0v) is 14.9. The van der Waals surface area contributed by atoms with Crippen molar-refractivity contribution < 1.29 is 4.39 Å². The number of H-pyrrole nitrogens is 1. The molecule has 0 bridgehead atoms. The molecule has 0 aliphatic heterocycles. The lowest BCUT2D eigenvalue weighted by Crippen LogP contribution is -2.27. The molecule has 6 nitrogen and oxygen atoms in total. The fourth-order valence-corrected chi connectivity index (χ4v) is 3.62. The molecule has 2 heterocycles. The quantitative estimate of drug-likeness (QED) is 0.742. The molecule has 4 rings (SSSR count). The average Bonchev–Trinajstić information content (AvgIpc) is 3.08. The second-order valence-corrected chi connectivity index (χ2v) is 7.10. The molecule has 0 radical (unpaired) electrons. The molecule has 27 heavy (non-hydrogen) atoms. The van der Waals surface area contributed by atoms with Crippen LogP contribution >= 0.6 is 0 Å². The number of hydrogen-bond donors (Lipinski definition) is 2. The minimum Gasteiger partial charge on any atom is -0.328 e. The maximum atomic E-state index is 13.2. The molecule has 7 heteroatoms. The minimum atomic E-state index is -0.268. The van der Waals surface area contributed by atoms with E-state index in [9.17, 15) is 9.18 Å². The first kappa shape index (κ1) is 17.6. The molecule has 3 N–H and O–H groups in total. The smallest absolute Gasteiger partial charge is 0.259 e. The van der Waals surface area contributed by atoms with Crippen LogP contribution in [0.2, 0.25) is 0 Å². The molecular formula is C20H22FN5O. The first-order chi connectivity index (χ1) is 13.1. The van der Waals surface area contributed by atoms with E-state index in [0.29, 0.717) is 17.9 Å². The van der Waals surface area contributed by atoms with E-state index in [1.807, 2.05) is 4.68 Å². The molecule has 3 aromatic rings. The Hall–Kier alpha value is -2.80. The molecular weight excluding hydrogens is 345 g/mol. The second-order valence-electron chi connectivity index (χ2n) is 7.10. The highest BCUT2D eigenvalue weighted by molar-refractivity contribution is 5.52. The summed E-state index contributed by atoms with van der Waals surface area (Å²) in [5, 5.41) is 4.61. The third-order valence-electron chi connectivity index (χ3n) is 5.14. The van der Waals surface area contributed by atoms with Crippen molar-refractivity contribution in [3.63, 3.8) is 0 Å². The number of benzene rings is 1. The largest absolute Gasteiger partial charge is 0.328 e. The van der Waals surface area contributed by atoms with Crippen molar-refractivity contribution in [2.24, 2.45) is 5.73 Å². The van der Waals surface area contributed by atoms with Crippen LogP contribution in [-0.2, 0) is 6.54 Å². The Morgan fingerprint density at radius 3 is 2.59 bits per heavy atom. The maximum Gasteiger partial charge on any atom is 0.259 e. The topological polar surface area (TPSA) is 89.6 Å². The van der Waals surface area contributed by atoms with E-state index in [0.717, 1.165) is 37.1 Å². The van der Waals surface area contributed by atoms with Crippen LogP contribution in [0.25, 0.3) is 11.4 Å². The van der Waals surface area contributed by atoms with Crippen LogP contribution in [0.5, 0.6) is 0 Å². The predicted octanol–water partition coefficient (Wildman–Crippen LogP) is 2.81. The Bertz CT molecular complexity index is 971. The normalized spacial score (nSPS) is 19.9. The van der Waals surface area contributed by atoms with Crippen LogP contribution in [0.3, 0.4) is 0 Å². The number of pyridine rings is 1. The Morgan fingerprint density at radius 1 is 1.15 bits per heavy atom. The number of aromatic amines is 1. The molecule has 0 amide bonds. The van der Waals surface area contributed by atoms with Crippen molar-refractivity contribution >= 4 is 0 Å². The Labute approximate surface area is 156 Å². The monoisotopic (exact) mass is 367 g/mol. The van der Waals surface area contributed by atoms with Crippen molar-refractivity contribution in [3.05, 3.63) is 70.2 Å². The van der Waals surface area contributed by atoms with Gasteiger partial charge in [-0.05, 0) is 55.5 Å². The van der Waals surface area contributed by atoms with E-state index in [1.54, 1.807) is 30.5 Å². The molecule has 2 aromatic heterocycles. The van der Waals surface area contributed by atoms with Crippen LogP contribution in [0.4, 0.5) is 4.39 Å². The summed E-state index contributed by atoms with van der Waals surface area (Å²) in [5.74, 6) is 1.28. The number of hydrogen-bond acceptors (Lipinski definition) is 4. The Morgan fingerprint density at radius 2 is 1.89 bits per heavy atom. The van der Waals surface area contributed by atoms with Crippen molar-refractivity contribution in [1.82, 2.24) is 19.7 Å². The predicted molar refractivity (Wildman–Crippen MR) is 101 cm³/mol. The lowest BCUT2D eigenvalue weighted by atomic mass is 9.86. The van der Waals surface area contributed by atoms with Crippen LogP contribution in [0.15, 0.2) is 47.4 Å². The fraction of sp³-hybridized carbons (Fsp3) is 0.350. The van der Waals surface area contributed by atoms with Gasteiger partial charge in [-0.3, -0.25) is 4.79 Å². The summed E-state index contributed by atoms with van der Waals surface area (Å²) in [5.41, 5.74) is 7.21. The Balaban J connectivity index is 1.72. The van der Waals surface area contributed by atoms with Gasteiger partial charge >= 0.3 is 0 Å². The zero-order valence-electron chi connectivity index (χ0n) is 14.9. The molecule has 0 atom stereocenters. The number of rotatable bonds is 4. The van der Waals surface area contributed by atoms with Crippen LogP contribution in [0.1, 0.15) is 43.0 Å². The molecule has 0 spiro atoms. The Kier molecular flexibility index (Phi) is 4.85. The molecule has 140 valence electrons. The molecule has 1 aliphatic rings. The first-order valence-electron chi connectivity index (χ1n) is 9.23. The standard InChI is InChI=1S/C20H22FN5O/c21-15-7-3-13(4-8-15)12-26-19(14-5-9-16(22)10-6-14)24-18(25-26)17-2-1-11-23-20(17)27/h1-4,7-8,11,14,16H,5-6,9-10,12,22H2,(H,23,27). The van der Waals surface area contributed by atoms with Gasteiger partial charge in [0.25, 0.3) is 5.56 Å². The van der Waals surface area contributed by atoms with Gasteiger partial charge in [-0.25, -0.2) is 14.1 Å². The summed E-state index contributed by atoms with van der Waals surface area (Å²) in [7, 11) is 0. The van der Waals surface area contributed by atoms with Gasteiger partial charge in [0.2, 0.25) is 0 Å². The third kappa shape index (κ3) is 3.83. The summed E-state index contributed by atoms with van der Waals surface area (Å²) < 4.78 is 15.1. The van der Waals surface area contributed by atoms with Gasteiger partial charge in [-0.2, -0.15) is 5.10 Å². The van der Waals surface area contributed by atoms with E-state index in [-0.39, 0.29) is 23.3 Å². The summed E-state index contributed by atoms with van der Waals surface area (Å²) in [4.78, 5) is 19.5. The number of nitrogens with one attached hydrogen (secondary N) is 1. The van der Waals surface area contributed by atoms with Crippen LogP contribution in [-0.4, -0.2) is 25.8 Å². The molecule has 0 unspecified atom stereocenters. The molecule has 1 aliphatic carbocycles. The highest BCUT2D eigenvalue weighted by atomic mass is 19.1. The van der Waals surface area contributed by atoms with E-state index in [2.05, 4.69) is 10.1 Å². The van der Waals surface area contributed by atoms with Crippen LogP contribution < -0.4 is 11.3 Å². The van der Waals surface area contributed by atoms with Gasteiger partial charge in [-0.15, -0.1) is 0 Å². The van der Waals surface area contributed by atoms with Gasteiger partial charge in [0.15, 0.2) is 5.82 Å². The lowest BCUT2D eigenvalue weighted by Gasteiger charge is -2.25. The molecule has 0 saturated heterocycles. The van der Waals surface area contributed by atoms with E-state index >= 15 is 0 Å². The van der Waals surface area contributed by atoms with Crippen molar-refractivity contribution in [2.45, 2.75) is 44.2 Å². The summed E-state index contributed by atoms with van der Waals surface area (Å²) >= 11 is 0. The average molecular weight is 367 g/mol. The van der Waals surface area contributed by atoms with E-state index < -0.39 is 0 Å². The maximum absolute atomic E-state index is 13.2. The second kappa shape index (κ2) is 7.44. The lowest BCUT2D eigenvalue weighted by molar-refractivity contribution is 0.374. The summed E-state index contributed by atoms with van der Waals surface area (Å²) in [6.07, 6.45) is 5.40. The first-order valence-corrected chi connectivity index (χ1v) is 9.23. The van der Waals surface area contributed by atoms with E-state index in [4.69, 9.17) is 10.7 Å².